The molecule has 1 amide bonds. The van der Waals surface area contributed by atoms with Gasteiger partial charge in [0, 0.05) is 36.0 Å². The van der Waals surface area contributed by atoms with Gasteiger partial charge in [-0.2, -0.15) is 5.10 Å². The lowest BCUT2D eigenvalue weighted by Gasteiger charge is -2.17. The number of nitrogens with one attached hydrogen (secondary N) is 3. The van der Waals surface area contributed by atoms with Crippen LogP contribution in [0.25, 0.3) is 5.57 Å². The van der Waals surface area contributed by atoms with Crippen molar-refractivity contribution >= 4 is 41.3 Å². The zero-order valence-corrected chi connectivity index (χ0v) is 16.9. The highest BCUT2D eigenvalue weighted by molar-refractivity contribution is 6.30. The van der Waals surface area contributed by atoms with Crippen molar-refractivity contribution in [3.05, 3.63) is 51.4 Å². The molecular formula is C20H19ClF3N5O2. The van der Waals surface area contributed by atoms with E-state index in [4.69, 9.17) is 22.4 Å². The molecule has 0 spiro atoms. The first-order valence-corrected chi connectivity index (χ1v) is 9.67. The molecule has 1 aliphatic rings. The molecule has 1 aromatic carbocycles. The highest BCUT2D eigenvalue weighted by atomic mass is 35.5. The largest absolute Gasteiger partial charge is 0.391 e. The van der Waals surface area contributed by atoms with E-state index in [1.165, 1.54) is 23.1 Å². The minimum Gasteiger partial charge on any atom is -0.391 e. The zero-order valence-electron chi connectivity index (χ0n) is 16.1. The summed E-state index contributed by atoms with van der Waals surface area (Å²) in [5, 5.41) is 30.8. The highest BCUT2D eigenvalue weighted by Gasteiger charge is 2.36. The van der Waals surface area contributed by atoms with Crippen LogP contribution in [0.3, 0.4) is 0 Å². The van der Waals surface area contributed by atoms with E-state index in [-0.39, 0.29) is 29.9 Å². The normalized spacial score (nSPS) is 17.0. The Morgan fingerprint density at radius 2 is 2.16 bits per heavy atom. The number of carbonyl (C=O) groups is 1. The summed E-state index contributed by atoms with van der Waals surface area (Å²) in [6.45, 7) is -0.244. The molecule has 1 unspecified atom stereocenters. The third-order valence-corrected chi connectivity index (χ3v) is 5.48. The molecule has 11 heteroatoms. The molecular weight excluding hydrogens is 435 g/mol. The summed E-state index contributed by atoms with van der Waals surface area (Å²) in [5.74, 6) is -2.09. The number of rotatable bonds is 8. The number of aromatic nitrogens is 2. The topological polar surface area (TPSA) is 117 Å². The standard InChI is InChI=1S/C20H19ClF3N5O2/c21-14-2-1-10(15(16(14)22)18(23)24)7-11-4-6-29(20(11)31)19-13(9-30)17(27-28-19)12(8-26)3-5-25/h1-3,5,8,11,18,25-26,30H,4,6-7,9H2,(H,27,28)/b12-3+,25-5?,26-8?. The summed E-state index contributed by atoms with van der Waals surface area (Å²) in [7, 11) is 0. The van der Waals surface area contributed by atoms with Gasteiger partial charge in [-0.3, -0.25) is 14.8 Å². The van der Waals surface area contributed by atoms with Crippen molar-refractivity contribution in [1.29, 1.82) is 10.8 Å². The number of alkyl halides is 2. The van der Waals surface area contributed by atoms with Crippen LogP contribution in [0.1, 0.15) is 35.2 Å². The van der Waals surface area contributed by atoms with Crippen molar-refractivity contribution in [2.24, 2.45) is 5.92 Å². The third kappa shape index (κ3) is 4.26. The summed E-state index contributed by atoms with van der Waals surface area (Å²) in [6, 6.07) is 2.49. The summed E-state index contributed by atoms with van der Waals surface area (Å²) >= 11 is 5.62. The molecule has 0 bridgehead atoms. The molecule has 0 radical (unpaired) electrons. The summed E-state index contributed by atoms with van der Waals surface area (Å²) in [5.41, 5.74) is 0.0779. The van der Waals surface area contributed by atoms with Crippen LogP contribution < -0.4 is 4.90 Å². The second-order valence-electron chi connectivity index (χ2n) is 6.91. The maximum absolute atomic E-state index is 14.1. The van der Waals surface area contributed by atoms with Crippen LogP contribution in [-0.2, 0) is 17.8 Å². The number of aromatic amines is 1. The first-order valence-electron chi connectivity index (χ1n) is 9.30. The minimum absolute atomic E-state index is 0.0159. The number of H-pyrrole nitrogens is 1. The SMILES string of the molecule is N=C/C=C(\C=N)c1[nH]nc(N2CCC(Cc3ccc(Cl)c(F)c3C(F)F)C2=O)c1CO. The smallest absolute Gasteiger partial charge is 0.266 e. The minimum atomic E-state index is -3.07. The quantitative estimate of drug-likeness (QED) is 0.454. The number of benzene rings is 1. The highest BCUT2D eigenvalue weighted by Crippen LogP contribution is 2.35. The number of halogens is 4. The van der Waals surface area contributed by atoms with Gasteiger partial charge >= 0.3 is 0 Å². The molecule has 1 aromatic heterocycles. The van der Waals surface area contributed by atoms with E-state index in [0.717, 1.165) is 12.4 Å². The van der Waals surface area contributed by atoms with Gasteiger partial charge in [-0.05, 0) is 30.5 Å². The fraction of sp³-hybridized carbons (Fsp3) is 0.300. The van der Waals surface area contributed by atoms with Crippen molar-refractivity contribution in [3.63, 3.8) is 0 Å². The van der Waals surface area contributed by atoms with Gasteiger partial charge in [0.1, 0.15) is 0 Å². The van der Waals surface area contributed by atoms with E-state index in [2.05, 4.69) is 10.2 Å². The van der Waals surface area contributed by atoms with Crippen molar-refractivity contribution in [1.82, 2.24) is 10.2 Å². The Morgan fingerprint density at radius 3 is 2.77 bits per heavy atom. The van der Waals surface area contributed by atoms with E-state index in [1.807, 2.05) is 0 Å². The molecule has 0 aliphatic carbocycles. The molecule has 1 atom stereocenters. The fourth-order valence-electron chi connectivity index (χ4n) is 3.69. The molecule has 2 heterocycles. The number of aliphatic hydroxyl groups excluding tert-OH is 1. The number of hydrogen-bond donors (Lipinski definition) is 4. The average molecular weight is 454 g/mol. The molecule has 4 N–H and O–H groups in total. The van der Waals surface area contributed by atoms with Crippen molar-refractivity contribution in [2.75, 3.05) is 11.4 Å². The monoisotopic (exact) mass is 453 g/mol. The van der Waals surface area contributed by atoms with Crippen LogP contribution in [0.5, 0.6) is 0 Å². The van der Waals surface area contributed by atoms with E-state index in [1.54, 1.807) is 0 Å². The van der Waals surface area contributed by atoms with Crippen LogP contribution in [0.15, 0.2) is 18.2 Å². The van der Waals surface area contributed by atoms with E-state index < -0.39 is 41.3 Å². The average Bonchev–Trinajstić information content (AvgIpc) is 3.32. The van der Waals surface area contributed by atoms with E-state index >= 15 is 0 Å². The molecule has 7 nitrogen and oxygen atoms in total. The number of anilines is 1. The van der Waals surface area contributed by atoms with Gasteiger partial charge in [0.15, 0.2) is 11.6 Å². The van der Waals surface area contributed by atoms with Gasteiger partial charge in [0.2, 0.25) is 5.91 Å². The molecule has 3 rings (SSSR count). The van der Waals surface area contributed by atoms with Gasteiger partial charge in [-0.25, -0.2) is 13.2 Å². The van der Waals surface area contributed by atoms with Crippen LogP contribution in [0, 0.1) is 22.6 Å². The lowest BCUT2D eigenvalue weighted by atomic mass is 9.94. The molecule has 2 aromatic rings. The Hall–Kier alpha value is -2.98. The Kier molecular flexibility index (Phi) is 6.91. The lowest BCUT2D eigenvalue weighted by Crippen LogP contribution is -2.29. The van der Waals surface area contributed by atoms with E-state index in [9.17, 15) is 23.1 Å². The summed E-state index contributed by atoms with van der Waals surface area (Å²) in [4.78, 5) is 14.3. The molecule has 0 saturated carbocycles. The zero-order chi connectivity index (χ0) is 22.7. The van der Waals surface area contributed by atoms with Crippen LogP contribution in [0.2, 0.25) is 5.02 Å². The van der Waals surface area contributed by atoms with Gasteiger partial charge in [0.05, 0.1) is 22.9 Å². The maximum atomic E-state index is 14.1. The molecule has 1 fully saturated rings. The van der Waals surface area contributed by atoms with Gasteiger partial charge in [0.25, 0.3) is 6.43 Å². The van der Waals surface area contributed by atoms with Crippen molar-refractivity contribution in [2.45, 2.75) is 25.9 Å². The Bertz CT molecular complexity index is 1050. The predicted octanol–water partition coefficient (Wildman–Crippen LogP) is 3.91. The van der Waals surface area contributed by atoms with Crippen LogP contribution in [-0.4, -0.2) is 40.2 Å². The first kappa shape index (κ1) is 22.7. The van der Waals surface area contributed by atoms with Gasteiger partial charge < -0.3 is 15.9 Å². The molecule has 1 aliphatic heterocycles. The fourth-order valence-corrected chi connectivity index (χ4v) is 3.85. The lowest BCUT2D eigenvalue weighted by molar-refractivity contribution is -0.120. The Labute approximate surface area is 180 Å². The van der Waals surface area contributed by atoms with Crippen LogP contribution >= 0.6 is 11.6 Å². The number of nitrogens with zero attached hydrogens (tertiary/aromatic N) is 2. The van der Waals surface area contributed by atoms with Crippen molar-refractivity contribution < 1.29 is 23.1 Å². The number of amides is 1. The number of hydrogen-bond acceptors (Lipinski definition) is 5. The Balaban J connectivity index is 1.89. The third-order valence-electron chi connectivity index (χ3n) is 5.19. The summed E-state index contributed by atoms with van der Waals surface area (Å²) in [6.07, 6.45) is 0.457. The first-order chi connectivity index (χ1) is 14.8. The second-order valence-corrected chi connectivity index (χ2v) is 7.31. The van der Waals surface area contributed by atoms with Gasteiger partial charge in [-0.15, -0.1) is 0 Å². The number of allylic oxidation sites excluding steroid dienone is 2. The molecule has 1 saturated heterocycles. The predicted molar refractivity (Wildman–Crippen MR) is 111 cm³/mol. The van der Waals surface area contributed by atoms with Gasteiger partial charge in [-0.1, -0.05) is 17.7 Å². The Morgan fingerprint density at radius 1 is 1.42 bits per heavy atom. The number of carbonyl (C=O) groups excluding carboxylic acids is 1. The van der Waals surface area contributed by atoms with E-state index in [0.29, 0.717) is 17.7 Å². The summed E-state index contributed by atoms with van der Waals surface area (Å²) < 4.78 is 40.9. The van der Waals surface area contributed by atoms with Crippen molar-refractivity contribution in [3.8, 4) is 0 Å². The van der Waals surface area contributed by atoms with Crippen LogP contribution in [0.4, 0.5) is 19.0 Å². The number of aliphatic hydroxyl groups is 1. The molecule has 164 valence electrons. The molecule has 31 heavy (non-hydrogen) atoms. The maximum Gasteiger partial charge on any atom is 0.266 e. The second kappa shape index (κ2) is 9.44.